The van der Waals surface area contributed by atoms with Gasteiger partial charge in [-0.15, -0.1) is 0 Å². The number of anilines is 1. The minimum atomic E-state index is -0.890. The zero-order valence-electron chi connectivity index (χ0n) is 12.0. The topological polar surface area (TPSA) is 49.3 Å². The lowest BCUT2D eigenvalue weighted by molar-refractivity contribution is 0.0697. The normalized spacial score (nSPS) is 20.6. The fourth-order valence-electron chi connectivity index (χ4n) is 3.06. The zero-order valence-corrected chi connectivity index (χ0v) is 12.0. The maximum Gasteiger partial charge on any atom is 0.335 e. The molecule has 3 heteroatoms. The van der Waals surface area contributed by atoms with Crippen molar-refractivity contribution in [2.24, 2.45) is 0 Å². The molecule has 2 atom stereocenters. The van der Waals surface area contributed by atoms with Crippen LogP contribution in [-0.2, 0) is 0 Å². The van der Waals surface area contributed by atoms with E-state index in [1.807, 2.05) is 12.1 Å². The molecule has 21 heavy (non-hydrogen) atoms. The third-order valence-corrected chi connectivity index (χ3v) is 4.26. The van der Waals surface area contributed by atoms with Crippen LogP contribution in [0.4, 0.5) is 5.69 Å². The number of fused-ring (bicyclic) bond motifs is 1. The molecule has 1 aliphatic carbocycles. The number of hydrogen-bond donors (Lipinski definition) is 2. The van der Waals surface area contributed by atoms with Gasteiger partial charge >= 0.3 is 5.97 Å². The van der Waals surface area contributed by atoms with Crippen molar-refractivity contribution in [3.8, 4) is 0 Å². The number of carbonyl (C=O) groups is 1. The number of rotatable bonds is 3. The Morgan fingerprint density at radius 1 is 1.05 bits per heavy atom. The van der Waals surface area contributed by atoms with E-state index in [-0.39, 0.29) is 0 Å². The van der Waals surface area contributed by atoms with Crippen LogP contribution in [0.2, 0.25) is 0 Å². The van der Waals surface area contributed by atoms with Gasteiger partial charge in [-0.25, -0.2) is 4.79 Å². The Morgan fingerprint density at radius 3 is 2.38 bits per heavy atom. The van der Waals surface area contributed by atoms with E-state index in [0.717, 1.165) is 12.1 Å². The molecular weight excluding hydrogens is 262 g/mol. The first-order valence-corrected chi connectivity index (χ1v) is 7.34. The lowest BCUT2D eigenvalue weighted by atomic mass is 9.81. The van der Waals surface area contributed by atoms with E-state index < -0.39 is 5.97 Å². The molecular formula is C18H19NO2. The highest BCUT2D eigenvalue weighted by Crippen LogP contribution is 2.38. The maximum absolute atomic E-state index is 10.9. The summed E-state index contributed by atoms with van der Waals surface area (Å²) in [6, 6.07) is 15.8. The van der Waals surface area contributed by atoms with Crippen LogP contribution in [0.5, 0.6) is 0 Å². The average molecular weight is 281 g/mol. The standard InChI is InChI=1S/C18H19NO2/c1-12-6-11-17(16-5-3-2-4-15(12)16)19-14-9-7-13(8-10-14)18(20)21/h2-5,7-10,12,17,19H,6,11H2,1H3,(H,20,21). The van der Waals surface area contributed by atoms with Crippen LogP contribution in [0.3, 0.4) is 0 Å². The van der Waals surface area contributed by atoms with E-state index in [4.69, 9.17) is 5.11 Å². The quantitative estimate of drug-likeness (QED) is 0.874. The van der Waals surface area contributed by atoms with Crippen LogP contribution in [0.1, 0.15) is 53.2 Å². The minimum absolute atomic E-state index is 0.299. The summed E-state index contributed by atoms with van der Waals surface area (Å²) in [4.78, 5) is 10.9. The summed E-state index contributed by atoms with van der Waals surface area (Å²) in [7, 11) is 0. The average Bonchev–Trinajstić information content (AvgIpc) is 2.51. The number of carboxylic acid groups (broad SMARTS) is 1. The van der Waals surface area contributed by atoms with Crippen LogP contribution >= 0.6 is 0 Å². The van der Waals surface area contributed by atoms with Crippen LogP contribution in [0.15, 0.2) is 48.5 Å². The molecule has 1 aliphatic rings. The molecule has 2 aromatic rings. The first kappa shape index (κ1) is 13.7. The molecule has 0 aliphatic heterocycles. The van der Waals surface area contributed by atoms with Crippen molar-refractivity contribution in [3.63, 3.8) is 0 Å². The summed E-state index contributed by atoms with van der Waals surface area (Å²) >= 11 is 0. The van der Waals surface area contributed by atoms with Gasteiger partial charge < -0.3 is 10.4 Å². The van der Waals surface area contributed by atoms with Crippen LogP contribution < -0.4 is 5.32 Å². The highest BCUT2D eigenvalue weighted by atomic mass is 16.4. The minimum Gasteiger partial charge on any atom is -0.478 e. The smallest absolute Gasteiger partial charge is 0.335 e. The summed E-state index contributed by atoms with van der Waals surface area (Å²) in [6.45, 7) is 2.27. The third-order valence-electron chi connectivity index (χ3n) is 4.26. The van der Waals surface area contributed by atoms with Crippen molar-refractivity contribution in [1.82, 2.24) is 0 Å². The molecule has 0 radical (unpaired) electrons. The van der Waals surface area contributed by atoms with Gasteiger partial charge in [-0.1, -0.05) is 31.2 Å². The molecule has 0 aromatic heterocycles. The van der Waals surface area contributed by atoms with Gasteiger partial charge in [-0.3, -0.25) is 0 Å². The Hall–Kier alpha value is -2.29. The number of aromatic carboxylic acids is 1. The SMILES string of the molecule is CC1CCC(Nc2ccc(C(=O)O)cc2)c2ccccc21. The Morgan fingerprint density at radius 2 is 1.71 bits per heavy atom. The molecule has 0 bridgehead atoms. The van der Waals surface area contributed by atoms with Gasteiger partial charge in [0.2, 0.25) is 0 Å². The molecule has 2 unspecified atom stereocenters. The molecule has 2 aromatic carbocycles. The highest BCUT2D eigenvalue weighted by molar-refractivity contribution is 5.88. The number of benzene rings is 2. The molecule has 0 spiro atoms. The molecule has 0 heterocycles. The summed E-state index contributed by atoms with van der Waals surface area (Å²) in [5.41, 5.74) is 4.06. The second kappa shape index (κ2) is 5.60. The van der Waals surface area contributed by atoms with E-state index in [1.54, 1.807) is 12.1 Å². The highest BCUT2D eigenvalue weighted by Gasteiger charge is 2.24. The summed E-state index contributed by atoms with van der Waals surface area (Å²) in [5, 5.41) is 12.5. The van der Waals surface area contributed by atoms with Crippen LogP contribution in [-0.4, -0.2) is 11.1 Å². The van der Waals surface area contributed by atoms with E-state index in [2.05, 4.69) is 36.5 Å². The van der Waals surface area contributed by atoms with Gasteiger partial charge in [0.25, 0.3) is 0 Å². The molecule has 3 rings (SSSR count). The van der Waals surface area contributed by atoms with Gasteiger partial charge in [-0.05, 0) is 54.2 Å². The van der Waals surface area contributed by atoms with Crippen molar-refractivity contribution >= 4 is 11.7 Å². The molecule has 0 saturated carbocycles. The molecule has 3 nitrogen and oxygen atoms in total. The fraction of sp³-hybridized carbons (Fsp3) is 0.278. The largest absolute Gasteiger partial charge is 0.478 e. The Balaban J connectivity index is 1.82. The van der Waals surface area contributed by atoms with E-state index in [1.165, 1.54) is 17.5 Å². The van der Waals surface area contributed by atoms with Crippen LogP contribution in [0, 0.1) is 0 Å². The lowest BCUT2D eigenvalue weighted by Gasteiger charge is -2.31. The van der Waals surface area contributed by atoms with Crippen molar-refractivity contribution in [2.75, 3.05) is 5.32 Å². The van der Waals surface area contributed by atoms with Crippen molar-refractivity contribution in [3.05, 3.63) is 65.2 Å². The van der Waals surface area contributed by atoms with E-state index >= 15 is 0 Å². The van der Waals surface area contributed by atoms with Gasteiger partial charge in [-0.2, -0.15) is 0 Å². The van der Waals surface area contributed by atoms with Gasteiger partial charge in [0, 0.05) is 5.69 Å². The van der Waals surface area contributed by atoms with Gasteiger partial charge in [0.1, 0.15) is 0 Å². The third kappa shape index (κ3) is 2.77. The van der Waals surface area contributed by atoms with Crippen LogP contribution in [0.25, 0.3) is 0 Å². The van der Waals surface area contributed by atoms with Crippen molar-refractivity contribution < 1.29 is 9.90 Å². The number of carboxylic acids is 1. The Kier molecular flexibility index (Phi) is 3.65. The molecule has 0 fully saturated rings. The zero-order chi connectivity index (χ0) is 14.8. The first-order chi connectivity index (χ1) is 10.1. The molecule has 108 valence electrons. The number of hydrogen-bond acceptors (Lipinski definition) is 2. The van der Waals surface area contributed by atoms with E-state index in [0.29, 0.717) is 17.5 Å². The molecule has 0 amide bonds. The lowest BCUT2D eigenvalue weighted by Crippen LogP contribution is -2.19. The molecule has 0 saturated heterocycles. The number of nitrogens with one attached hydrogen (secondary N) is 1. The second-order valence-corrected chi connectivity index (χ2v) is 5.69. The van der Waals surface area contributed by atoms with Crippen molar-refractivity contribution in [2.45, 2.75) is 31.7 Å². The first-order valence-electron chi connectivity index (χ1n) is 7.34. The maximum atomic E-state index is 10.9. The predicted molar refractivity (Wildman–Crippen MR) is 83.9 cm³/mol. The molecule has 2 N–H and O–H groups in total. The second-order valence-electron chi connectivity index (χ2n) is 5.69. The Bertz CT molecular complexity index is 649. The summed E-state index contributed by atoms with van der Waals surface area (Å²) in [5.74, 6) is -0.285. The summed E-state index contributed by atoms with van der Waals surface area (Å²) in [6.07, 6.45) is 2.26. The fourth-order valence-corrected chi connectivity index (χ4v) is 3.06. The Labute approximate surface area is 124 Å². The summed E-state index contributed by atoms with van der Waals surface area (Å²) < 4.78 is 0. The van der Waals surface area contributed by atoms with Gasteiger partial charge in [0.05, 0.1) is 11.6 Å². The van der Waals surface area contributed by atoms with Gasteiger partial charge in [0.15, 0.2) is 0 Å². The van der Waals surface area contributed by atoms with E-state index in [9.17, 15) is 4.79 Å². The monoisotopic (exact) mass is 281 g/mol. The van der Waals surface area contributed by atoms with Crippen molar-refractivity contribution in [1.29, 1.82) is 0 Å². The predicted octanol–water partition coefficient (Wildman–Crippen LogP) is 4.44.